The number of hydrogen-bond acceptors (Lipinski definition) is 6. The molecule has 2 amide bonds. The van der Waals surface area contributed by atoms with Crippen molar-refractivity contribution < 1.29 is 14.7 Å². The highest BCUT2D eigenvalue weighted by atomic mass is 35.5. The maximum atomic E-state index is 12.2. The highest BCUT2D eigenvalue weighted by Crippen LogP contribution is 2.11. The molecule has 28 heavy (non-hydrogen) atoms. The third-order valence-electron chi connectivity index (χ3n) is 3.65. The van der Waals surface area contributed by atoms with E-state index >= 15 is 0 Å². The molecule has 1 aromatic heterocycles. The molecule has 2 rings (SSSR count). The van der Waals surface area contributed by atoms with Crippen molar-refractivity contribution in [2.45, 2.75) is 12.6 Å². The number of amides is 2. The number of halogens is 1. The second-order valence-corrected chi connectivity index (χ2v) is 5.73. The van der Waals surface area contributed by atoms with Gasteiger partial charge in [-0.15, -0.1) is 12.4 Å². The average molecular weight is 407 g/mol. The Labute approximate surface area is 168 Å². The molecule has 2 aromatic rings. The number of aromatic nitrogens is 1. The molecule has 7 N–H and O–H groups in total. The highest BCUT2D eigenvalue weighted by Gasteiger charge is 2.18. The van der Waals surface area contributed by atoms with Gasteiger partial charge in [-0.25, -0.2) is 0 Å². The molecule has 150 valence electrons. The molecular formula is C18H23ClN6O3. The number of aliphatic hydroxyl groups is 1. The first-order chi connectivity index (χ1) is 13.0. The van der Waals surface area contributed by atoms with Crippen molar-refractivity contribution >= 4 is 35.7 Å². The van der Waals surface area contributed by atoms with Crippen LogP contribution in [0.25, 0.3) is 0 Å². The second kappa shape index (κ2) is 11.5. The lowest BCUT2D eigenvalue weighted by molar-refractivity contribution is -0.127. The number of nitrogens with zero attached hydrogens (tertiary/aromatic N) is 1. The Hall–Kier alpha value is -3.17. The van der Waals surface area contributed by atoms with E-state index in [1.807, 2.05) is 6.07 Å². The van der Waals surface area contributed by atoms with Crippen LogP contribution in [0, 0.1) is 5.41 Å². The van der Waals surface area contributed by atoms with Gasteiger partial charge in [-0.3, -0.25) is 20.0 Å². The van der Waals surface area contributed by atoms with Gasteiger partial charge in [0.15, 0.2) is 0 Å². The SMILES string of the molecule is Cl.N=C(N)c1cccc(NC(CO)C(=O)NCC(=O)NCc2cccnc2)c1. The zero-order valence-corrected chi connectivity index (χ0v) is 15.8. The number of nitrogens with one attached hydrogen (secondary N) is 4. The molecule has 1 aromatic carbocycles. The molecule has 9 nitrogen and oxygen atoms in total. The van der Waals surface area contributed by atoms with E-state index in [0.29, 0.717) is 17.8 Å². The molecule has 0 bridgehead atoms. The molecule has 0 fully saturated rings. The number of rotatable bonds is 9. The molecule has 0 radical (unpaired) electrons. The van der Waals surface area contributed by atoms with Gasteiger partial charge in [0.25, 0.3) is 0 Å². The van der Waals surface area contributed by atoms with Crippen LogP contribution in [0.4, 0.5) is 5.69 Å². The number of benzene rings is 1. The minimum atomic E-state index is -0.946. The Balaban J connectivity index is 0.00000392. The van der Waals surface area contributed by atoms with Gasteiger partial charge in [0, 0.05) is 30.2 Å². The van der Waals surface area contributed by atoms with Crippen LogP contribution in [0.2, 0.25) is 0 Å². The van der Waals surface area contributed by atoms with E-state index in [2.05, 4.69) is 20.9 Å². The lowest BCUT2D eigenvalue weighted by atomic mass is 10.1. The van der Waals surface area contributed by atoms with Crippen molar-refractivity contribution in [3.05, 3.63) is 59.9 Å². The molecule has 0 aliphatic rings. The molecule has 0 aliphatic heterocycles. The van der Waals surface area contributed by atoms with Gasteiger partial charge < -0.3 is 26.8 Å². The summed E-state index contributed by atoms with van der Waals surface area (Å²) < 4.78 is 0. The molecule has 1 atom stereocenters. The summed E-state index contributed by atoms with van der Waals surface area (Å²) in [5.41, 5.74) is 7.30. The van der Waals surface area contributed by atoms with Gasteiger partial charge in [0.2, 0.25) is 11.8 Å². The summed E-state index contributed by atoms with van der Waals surface area (Å²) >= 11 is 0. The number of nitrogens with two attached hydrogens (primary N) is 1. The Kier molecular flexibility index (Phi) is 9.41. The first-order valence-electron chi connectivity index (χ1n) is 8.24. The normalized spacial score (nSPS) is 10.9. The smallest absolute Gasteiger partial charge is 0.245 e. The summed E-state index contributed by atoms with van der Waals surface area (Å²) in [5.74, 6) is -0.987. The van der Waals surface area contributed by atoms with Gasteiger partial charge in [-0.2, -0.15) is 0 Å². The molecule has 0 spiro atoms. The van der Waals surface area contributed by atoms with Crippen molar-refractivity contribution in [2.24, 2.45) is 5.73 Å². The highest BCUT2D eigenvalue weighted by molar-refractivity contribution is 5.96. The monoisotopic (exact) mass is 406 g/mol. The van der Waals surface area contributed by atoms with Crippen LogP contribution in [0.3, 0.4) is 0 Å². The minimum Gasteiger partial charge on any atom is -0.394 e. The van der Waals surface area contributed by atoms with E-state index in [4.69, 9.17) is 11.1 Å². The summed E-state index contributed by atoms with van der Waals surface area (Å²) in [5, 5.41) is 24.9. The summed E-state index contributed by atoms with van der Waals surface area (Å²) in [6.45, 7) is -0.375. The number of carbonyl (C=O) groups excluding carboxylic acids is 2. The molecule has 1 heterocycles. The average Bonchev–Trinajstić information content (AvgIpc) is 2.69. The van der Waals surface area contributed by atoms with E-state index in [1.54, 1.807) is 42.7 Å². The lowest BCUT2D eigenvalue weighted by Gasteiger charge is -2.17. The Bertz CT molecular complexity index is 803. The largest absolute Gasteiger partial charge is 0.394 e. The van der Waals surface area contributed by atoms with Crippen molar-refractivity contribution in [3.8, 4) is 0 Å². The zero-order valence-electron chi connectivity index (χ0n) is 15.0. The number of pyridine rings is 1. The zero-order chi connectivity index (χ0) is 19.6. The number of aliphatic hydroxyl groups excluding tert-OH is 1. The fourth-order valence-electron chi connectivity index (χ4n) is 2.23. The molecule has 0 saturated heterocycles. The van der Waals surface area contributed by atoms with Crippen LogP contribution in [-0.4, -0.2) is 46.9 Å². The quantitative estimate of drug-likeness (QED) is 0.254. The minimum absolute atomic E-state index is 0. The maximum Gasteiger partial charge on any atom is 0.245 e. The van der Waals surface area contributed by atoms with Crippen LogP contribution in [0.5, 0.6) is 0 Å². The third-order valence-corrected chi connectivity index (χ3v) is 3.65. The fourth-order valence-corrected chi connectivity index (χ4v) is 2.23. The molecule has 1 unspecified atom stereocenters. The van der Waals surface area contributed by atoms with E-state index in [1.165, 1.54) is 0 Å². The first-order valence-corrected chi connectivity index (χ1v) is 8.24. The first kappa shape index (κ1) is 22.9. The van der Waals surface area contributed by atoms with Crippen molar-refractivity contribution in [1.82, 2.24) is 15.6 Å². The van der Waals surface area contributed by atoms with Gasteiger partial charge in [-0.1, -0.05) is 18.2 Å². The van der Waals surface area contributed by atoms with Crippen LogP contribution < -0.4 is 21.7 Å². The van der Waals surface area contributed by atoms with E-state index < -0.39 is 18.6 Å². The van der Waals surface area contributed by atoms with Gasteiger partial charge in [0.1, 0.15) is 11.9 Å². The number of anilines is 1. The van der Waals surface area contributed by atoms with E-state index in [9.17, 15) is 14.7 Å². The summed E-state index contributed by atoms with van der Waals surface area (Å²) in [6, 6.07) is 9.26. The lowest BCUT2D eigenvalue weighted by Crippen LogP contribution is -2.45. The topological polar surface area (TPSA) is 153 Å². The van der Waals surface area contributed by atoms with Crippen molar-refractivity contribution in [3.63, 3.8) is 0 Å². The molecule has 0 aliphatic carbocycles. The number of carbonyl (C=O) groups is 2. The number of amidine groups is 1. The number of nitrogen functional groups attached to an aromatic ring is 1. The van der Waals surface area contributed by atoms with Gasteiger partial charge >= 0.3 is 0 Å². The Morgan fingerprint density at radius 3 is 2.64 bits per heavy atom. The molecule has 10 heteroatoms. The van der Waals surface area contributed by atoms with Gasteiger partial charge in [-0.05, 0) is 23.8 Å². The predicted octanol–water partition coefficient (Wildman–Crippen LogP) is -0.00713. The second-order valence-electron chi connectivity index (χ2n) is 5.73. The summed E-state index contributed by atoms with van der Waals surface area (Å²) in [7, 11) is 0. The van der Waals surface area contributed by atoms with Crippen LogP contribution in [0.15, 0.2) is 48.8 Å². The summed E-state index contributed by atoms with van der Waals surface area (Å²) in [6.07, 6.45) is 3.28. The number of hydrogen-bond donors (Lipinski definition) is 6. The maximum absolute atomic E-state index is 12.2. The van der Waals surface area contributed by atoms with Gasteiger partial charge in [0.05, 0.1) is 13.2 Å². The standard InChI is InChI=1S/C18H22N6O3.ClH/c19-17(20)13-4-1-5-14(7-13)24-15(11-25)18(27)23-10-16(26)22-9-12-3-2-6-21-8-12;/h1-8,15,24-25H,9-11H2,(H3,19,20)(H,22,26)(H,23,27);1H. The Morgan fingerprint density at radius 1 is 1.21 bits per heavy atom. The predicted molar refractivity (Wildman–Crippen MR) is 108 cm³/mol. The Morgan fingerprint density at radius 2 is 2.00 bits per heavy atom. The fraction of sp³-hybridized carbons (Fsp3) is 0.222. The van der Waals surface area contributed by atoms with Crippen LogP contribution in [-0.2, 0) is 16.1 Å². The summed E-state index contributed by atoms with van der Waals surface area (Å²) in [4.78, 5) is 28.0. The molecular weight excluding hydrogens is 384 g/mol. The van der Waals surface area contributed by atoms with Crippen LogP contribution >= 0.6 is 12.4 Å². The van der Waals surface area contributed by atoms with E-state index in [0.717, 1.165) is 5.56 Å². The van der Waals surface area contributed by atoms with Crippen molar-refractivity contribution in [1.29, 1.82) is 5.41 Å². The molecule has 0 saturated carbocycles. The van der Waals surface area contributed by atoms with E-state index in [-0.39, 0.29) is 30.7 Å². The third kappa shape index (κ3) is 7.22. The van der Waals surface area contributed by atoms with Crippen LogP contribution in [0.1, 0.15) is 11.1 Å². The van der Waals surface area contributed by atoms with Crippen molar-refractivity contribution in [2.75, 3.05) is 18.5 Å².